The fraction of sp³-hybridized carbons (Fsp3) is 0.0833. The molecule has 0 atom stereocenters. The Balaban J connectivity index is 2.31. The number of rotatable bonds is 2. The van der Waals surface area contributed by atoms with Gasteiger partial charge in [0.05, 0.1) is 11.4 Å². The Hall–Kier alpha value is -1.01. The molecule has 0 aliphatic rings. The predicted molar refractivity (Wildman–Crippen MR) is 80.8 cm³/mol. The highest BCUT2D eigenvalue weighted by Crippen LogP contribution is 2.27. The van der Waals surface area contributed by atoms with E-state index in [-0.39, 0.29) is 0 Å². The van der Waals surface area contributed by atoms with Gasteiger partial charge in [-0.15, -0.1) is 0 Å². The molecule has 0 aliphatic heterocycles. The molecule has 88 valence electrons. The van der Waals surface area contributed by atoms with Gasteiger partial charge >= 0.3 is 0 Å². The van der Waals surface area contributed by atoms with Gasteiger partial charge in [0.25, 0.3) is 0 Å². The van der Waals surface area contributed by atoms with Crippen LogP contribution in [0.15, 0.2) is 30.5 Å². The van der Waals surface area contributed by atoms with Gasteiger partial charge in [-0.25, -0.2) is 4.98 Å². The summed E-state index contributed by atoms with van der Waals surface area (Å²) in [5.41, 5.74) is 8.51. The van der Waals surface area contributed by atoms with Crippen LogP contribution in [0.2, 0.25) is 5.02 Å². The van der Waals surface area contributed by atoms with Crippen LogP contribution in [0.5, 0.6) is 0 Å². The van der Waals surface area contributed by atoms with E-state index in [4.69, 9.17) is 17.3 Å². The zero-order chi connectivity index (χ0) is 12.4. The van der Waals surface area contributed by atoms with Crippen molar-refractivity contribution in [1.29, 1.82) is 0 Å². The van der Waals surface area contributed by atoms with E-state index in [0.29, 0.717) is 16.5 Å². The second-order valence-corrected chi connectivity index (χ2v) is 5.30. The molecular weight excluding hydrogens is 349 g/mol. The fourth-order valence-electron chi connectivity index (χ4n) is 1.41. The average Bonchev–Trinajstić information content (AvgIpc) is 2.25. The highest BCUT2D eigenvalue weighted by atomic mass is 127. The minimum Gasteiger partial charge on any atom is -0.396 e. The van der Waals surface area contributed by atoms with Crippen LogP contribution in [0.4, 0.5) is 17.2 Å². The molecule has 0 bridgehead atoms. The maximum absolute atomic E-state index is 5.90. The summed E-state index contributed by atoms with van der Waals surface area (Å²) in [6, 6.07) is 7.51. The summed E-state index contributed by atoms with van der Waals surface area (Å²) in [5, 5.41) is 3.91. The molecule has 0 unspecified atom stereocenters. The van der Waals surface area contributed by atoms with E-state index in [1.807, 2.05) is 31.2 Å². The molecule has 0 fully saturated rings. The summed E-state index contributed by atoms with van der Waals surface area (Å²) < 4.78 is 1.02. The smallest absolute Gasteiger partial charge is 0.153 e. The molecule has 1 aromatic heterocycles. The lowest BCUT2D eigenvalue weighted by molar-refractivity contribution is 1.26. The van der Waals surface area contributed by atoms with Crippen molar-refractivity contribution in [3.63, 3.8) is 0 Å². The second-order valence-electron chi connectivity index (χ2n) is 3.70. The number of nitrogens with zero attached hydrogens (tertiary/aromatic N) is 1. The van der Waals surface area contributed by atoms with Crippen molar-refractivity contribution in [2.24, 2.45) is 0 Å². The molecule has 1 aromatic carbocycles. The van der Waals surface area contributed by atoms with Gasteiger partial charge in [0.1, 0.15) is 0 Å². The molecule has 2 rings (SSSR count). The number of aryl methyl sites for hydroxylation is 1. The van der Waals surface area contributed by atoms with Gasteiger partial charge in [0.15, 0.2) is 5.82 Å². The number of benzene rings is 1. The van der Waals surface area contributed by atoms with Crippen LogP contribution in [-0.2, 0) is 0 Å². The largest absolute Gasteiger partial charge is 0.396 e. The normalized spacial score (nSPS) is 10.3. The molecule has 2 aromatic rings. The van der Waals surface area contributed by atoms with Crippen LogP contribution in [0.1, 0.15) is 5.56 Å². The molecule has 1 heterocycles. The minimum atomic E-state index is 0.635. The van der Waals surface area contributed by atoms with E-state index in [1.54, 1.807) is 6.20 Å². The van der Waals surface area contributed by atoms with E-state index in [2.05, 4.69) is 32.9 Å². The third-order valence-corrected chi connectivity index (χ3v) is 3.37. The number of pyridine rings is 1. The summed E-state index contributed by atoms with van der Waals surface area (Å²) in [7, 11) is 0. The number of hydrogen-bond donors (Lipinski definition) is 2. The van der Waals surface area contributed by atoms with Gasteiger partial charge in [-0.1, -0.05) is 11.6 Å². The van der Waals surface area contributed by atoms with E-state index < -0.39 is 0 Å². The Bertz CT molecular complexity index is 508. The monoisotopic (exact) mass is 359 g/mol. The maximum atomic E-state index is 5.90. The van der Waals surface area contributed by atoms with Crippen LogP contribution in [0.3, 0.4) is 0 Å². The fourth-order valence-corrected chi connectivity index (χ4v) is 2.42. The zero-order valence-corrected chi connectivity index (χ0v) is 12.1. The van der Waals surface area contributed by atoms with Gasteiger partial charge in [-0.05, 0) is 59.3 Å². The van der Waals surface area contributed by atoms with Crippen LogP contribution in [0, 0.1) is 10.5 Å². The van der Waals surface area contributed by atoms with Gasteiger partial charge in [0.2, 0.25) is 0 Å². The molecule has 3 nitrogen and oxygen atoms in total. The van der Waals surface area contributed by atoms with Gasteiger partial charge in [-0.3, -0.25) is 0 Å². The maximum Gasteiger partial charge on any atom is 0.153 e. The van der Waals surface area contributed by atoms with Crippen molar-refractivity contribution in [3.8, 4) is 0 Å². The highest BCUT2D eigenvalue weighted by molar-refractivity contribution is 14.1. The Labute approximate surface area is 119 Å². The summed E-state index contributed by atoms with van der Waals surface area (Å²) in [5.74, 6) is 0.663. The topological polar surface area (TPSA) is 50.9 Å². The van der Waals surface area contributed by atoms with E-state index >= 15 is 0 Å². The summed E-state index contributed by atoms with van der Waals surface area (Å²) >= 11 is 8.11. The molecule has 0 saturated heterocycles. The zero-order valence-electron chi connectivity index (χ0n) is 9.17. The molecule has 0 radical (unpaired) electrons. The number of hydrogen-bond acceptors (Lipinski definition) is 3. The molecule has 3 N–H and O–H groups in total. The molecule has 5 heteroatoms. The molecule has 0 aliphatic carbocycles. The lowest BCUT2D eigenvalue weighted by atomic mass is 10.2. The van der Waals surface area contributed by atoms with Gasteiger partial charge < -0.3 is 11.1 Å². The second kappa shape index (κ2) is 5.10. The Morgan fingerprint density at radius 1 is 1.35 bits per heavy atom. The first-order valence-corrected chi connectivity index (χ1v) is 6.46. The molecule has 0 saturated carbocycles. The van der Waals surface area contributed by atoms with Gasteiger partial charge in [-0.2, -0.15) is 0 Å². The van der Waals surface area contributed by atoms with Crippen molar-refractivity contribution in [2.45, 2.75) is 6.92 Å². The lowest BCUT2D eigenvalue weighted by Crippen LogP contribution is -2.00. The third-order valence-electron chi connectivity index (χ3n) is 2.24. The van der Waals surface area contributed by atoms with E-state index in [0.717, 1.165) is 14.8 Å². The van der Waals surface area contributed by atoms with E-state index in [1.165, 1.54) is 0 Å². The average molecular weight is 360 g/mol. The molecule has 0 spiro atoms. The van der Waals surface area contributed by atoms with Crippen molar-refractivity contribution in [1.82, 2.24) is 4.98 Å². The molecular formula is C12H11ClIN3. The van der Waals surface area contributed by atoms with Crippen LogP contribution in [-0.4, -0.2) is 4.98 Å². The van der Waals surface area contributed by atoms with Crippen molar-refractivity contribution >= 4 is 51.4 Å². The van der Waals surface area contributed by atoms with E-state index in [9.17, 15) is 0 Å². The van der Waals surface area contributed by atoms with Crippen LogP contribution in [0.25, 0.3) is 0 Å². The number of nitrogens with two attached hydrogens (primary N) is 1. The minimum absolute atomic E-state index is 0.635. The highest BCUT2D eigenvalue weighted by Gasteiger charge is 2.05. The summed E-state index contributed by atoms with van der Waals surface area (Å²) in [4.78, 5) is 4.26. The van der Waals surface area contributed by atoms with Crippen LogP contribution < -0.4 is 11.1 Å². The molecule has 17 heavy (non-hydrogen) atoms. The number of anilines is 3. The Morgan fingerprint density at radius 2 is 2.12 bits per heavy atom. The SMILES string of the molecule is Cc1cnc(Nc2ccc(Cl)cc2I)c(N)c1. The summed E-state index contributed by atoms with van der Waals surface area (Å²) in [6.45, 7) is 1.96. The quantitative estimate of drug-likeness (QED) is 0.798. The van der Waals surface area contributed by atoms with Crippen molar-refractivity contribution in [2.75, 3.05) is 11.1 Å². The van der Waals surface area contributed by atoms with Crippen molar-refractivity contribution < 1.29 is 0 Å². The first kappa shape index (κ1) is 12.4. The first-order chi connectivity index (χ1) is 8.06. The number of nitrogens with one attached hydrogen (secondary N) is 1. The van der Waals surface area contributed by atoms with Gasteiger partial charge in [0, 0.05) is 14.8 Å². The van der Waals surface area contributed by atoms with Crippen LogP contribution >= 0.6 is 34.2 Å². The molecule has 0 amide bonds. The lowest BCUT2D eigenvalue weighted by Gasteiger charge is -2.10. The predicted octanol–water partition coefficient (Wildman–Crippen LogP) is 3.97. The number of halogens is 2. The first-order valence-electron chi connectivity index (χ1n) is 5.00. The standard InChI is InChI=1S/C12H11ClIN3/c1-7-4-10(15)12(16-6-7)17-11-3-2-8(13)5-9(11)14/h2-6H,15H2,1H3,(H,16,17). The van der Waals surface area contributed by atoms with Crippen molar-refractivity contribution in [3.05, 3.63) is 44.6 Å². The summed E-state index contributed by atoms with van der Waals surface area (Å²) in [6.07, 6.45) is 1.78. The number of aromatic nitrogens is 1. The number of nitrogen functional groups attached to an aromatic ring is 1. The third kappa shape index (κ3) is 3.01. The Morgan fingerprint density at radius 3 is 2.76 bits per heavy atom. The Kier molecular flexibility index (Phi) is 3.73.